The molecule has 2 N–H and O–H groups in total. The molecular formula is C15H18N4O. The normalized spacial score (nSPS) is 10.9. The third-order valence-electron chi connectivity index (χ3n) is 2.74. The number of amides is 2. The van der Waals surface area contributed by atoms with Gasteiger partial charge in [0.15, 0.2) is 0 Å². The lowest BCUT2D eigenvalue weighted by atomic mass is 10.3. The summed E-state index contributed by atoms with van der Waals surface area (Å²) in [5.41, 5.74) is 4.10. The zero-order valence-corrected chi connectivity index (χ0v) is 11.6. The number of benzene rings is 1. The van der Waals surface area contributed by atoms with Gasteiger partial charge in [0.05, 0.1) is 6.21 Å². The SMILES string of the molecule is CC(C)n1ccc(/C=N/NC(=O)Nc2ccccc2)c1. The van der Waals surface area contributed by atoms with E-state index in [0.717, 1.165) is 11.3 Å². The van der Waals surface area contributed by atoms with Gasteiger partial charge in [0.2, 0.25) is 0 Å². The van der Waals surface area contributed by atoms with Crippen molar-refractivity contribution < 1.29 is 4.79 Å². The quantitative estimate of drug-likeness (QED) is 0.650. The van der Waals surface area contributed by atoms with Crippen molar-refractivity contribution in [2.24, 2.45) is 5.10 Å². The molecule has 1 aromatic carbocycles. The smallest absolute Gasteiger partial charge is 0.339 e. The minimum absolute atomic E-state index is 0.365. The summed E-state index contributed by atoms with van der Waals surface area (Å²) in [5, 5.41) is 6.59. The van der Waals surface area contributed by atoms with Crippen LogP contribution in [0.2, 0.25) is 0 Å². The van der Waals surface area contributed by atoms with Gasteiger partial charge in [-0.25, -0.2) is 10.2 Å². The first-order valence-corrected chi connectivity index (χ1v) is 6.48. The van der Waals surface area contributed by atoms with E-state index >= 15 is 0 Å². The minimum atomic E-state index is -0.365. The second-order valence-electron chi connectivity index (χ2n) is 4.68. The van der Waals surface area contributed by atoms with Gasteiger partial charge in [-0.1, -0.05) is 18.2 Å². The van der Waals surface area contributed by atoms with Crippen molar-refractivity contribution in [1.29, 1.82) is 0 Å². The molecular weight excluding hydrogens is 252 g/mol. The molecule has 0 atom stereocenters. The summed E-state index contributed by atoms with van der Waals surface area (Å²) in [5.74, 6) is 0. The Balaban J connectivity index is 1.84. The fourth-order valence-corrected chi connectivity index (χ4v) is 1.67. The molecule has 0 saturated carbocycles. The number of hydrazone groups is 1. The van der Waals surface area contributed by atoms with Crippen molar-refractivity contribution in [3.63, 3.8) is 0 Å². The molecule has 1 aromatic heterocycles. The second kappa shape index (κ2) is 6.56. The summed E-state index contributed by atoms with van der Waals surface area (Å²) in [6, 6.07) is 11.2. The number of carbonyl (C=O) groups is 1. The van der Waals surface area contributed by atoms with Crippen LogP contribution >= 0.6 is 0 Å². The molecule has 0 saturated heterocycles. The van der Waals surface area contributed by atoms with Crippen molar-refractivity contribution >= 4 is 17.9 Å². The molecule has 0 spiro atoms. The minimum Gasteiger partial charge on any atom is -0.351 e. The van der Waals surface area contributed by atoms with E-state index in [2.05, 4.69) is 34.3 Å². The highest BCUT2D eigenvalue weighted by atomic mass is 16.2. The average molecular weight is 270 g/mol. The molecule has 0 fully saturated rings. The molecule has 20 heavy (non-hydrogen) atoms. The highest BCUT2D eigenvalue weighted by molar-refractivity contribution is 5.90. The number of hydrogen-bond acceptors (Lipinski definition) is 2. The lowest BCUT2D eigenvalue weighted by molar-refractivity contribution is 0.252. The Morgan fingerprint density at radius 1 is 1.25 bits per heavy atom. The molecule has 1 heterocycles. The Morgan fingerprint density at radius 3 is 2.65 bits per heavy atom. The van der Waals surface area contributed by atoms with Gasteiger partial charge in [-0.2, -0.15) is 5.10 Å². The Kier molecular flexibility index (Phi) is 4.55. The Morgan fingerprint density at radius 2 is 2.00 bits per heavy atom. The van der Waals surface area contributed by atoms with Crippen LogP contribution in [0.4, 0.5) is 10.5 Å². The summed E-state index contributed by atoms with van der Waals surface area (Å²) in [6.45, 7) is 4.21. The maximum Gasteiger partial charge on any atom is 0.339 e. The third-order valence-corrected chi connectivity index (χ3v) is 2.74. The van der Waals surface area contributed by atoms with Crippen LogP contribution in [0.1, 0.15) is 25.5 Å². The standard InChI is InChI=1S/C15H18N4O/c1-12(2)19-9-8-13(11-19)10-16-18-15(20)17-14-6-4-3-5-7-14/h3-12H,1-2H3,(H2,17,18,20)/b16-10+. The average Bonchev–Trinajstić information content (AvgIpc) is 2.89. The predicted molar refractivity (Wildman–Crippen MR) is 81.0 cm³/mol. The number of para-hydroxylation sites is 1. The maximum absolute atomic E-state index is 11.6. The molecule has 104 valence electrons. The molecule has 2 rings (SSSR count). The topological polar surface area (TPSA) is 58.4 Å². The summed E-state index contributed by atoms with van der Waals surface area (Å²) in [7, 11) is 0. The molecule has 0 unspecified atom stereocenters. The number of rotatable bonds is 4. The van der Waals surface area contributed by atoms with Gasteiger partial charge >= 0.3 is 6.03 Å². The number of nitrogens with one attached hydrogen (secondary N) is 2. The highest BCUT2D eigenvalue weighted by Gasteiger charge is 1.99. The van der Waals surface area contributed by atoms with Crippen LogP contribution in [0, 0.1) is 0 Å². The molecule has 2 amide bonds. The maximum atomic E-state index is 11.6. The van der Waals surface area contributed by atoms with E-state index in [1.54, 1.807) is 6.21 Å². The van der Waals surface area contributed by atoms with Gasteiger partial charge in [-0.05, 0) is 32.0 Å². The third kappa shape index (κ3) is 3.98. The fraction of sp³-hybridized carbons (Fsp3) is 0.200. The Bertz CT molecular complexity index is 587. The zero-order valence-electron chi connectivity index (χ0n) is 11.6. The Labute approximate surface area is 118 Å². The van der Waals surface area contributed by atoms with E-state index in [4.69, 9.17) is 0 Å². The monoisotopic (exact) mass is 270 g/mol. The van der Waals surface area contributed by atoms with Crippen LogP contribution in [-0.4, -0.2) is 16.8 Å². The van der Waals surface area contributed by atoms with Crippen LogP contribution in [0.25, 0.3) is 0 Å². The number of nitrogens with zero attached hydrogens (tertiary/aromatic N) is 2. The van der Waals surface area contributed by atoms with Crippen LogP contribution in [0.5, 0.6) is 0 Å². The van der Waals surface area contributed by atoms with Crippen LogP contribution in [-0.2, 0) is 0 Å². The fourth-order valence-electron chi connectivity index (χ4n) is 1.67. The molecule has 0 aliphatic rings. The number of anilines is 1. The second-order valence-corrected chi connectivity index (χ2v) is 4.68. The first-order valence-electron chi connectivity index (χ1n) is 6.48. The van der Waals surface area contributed by atoms with Crippen LogP contribution in [0.15, 0.2) is 53.9 Å². The first kappa shape index (κ1) is 13.9. The number of hydrogen-bond donors (Lipinski definition) is 2. The molecule has 0 radical (unpaired) electrons. The van der Waals surface area contributed by atoms with Gasteiger partial charge in [0.25, 0.3) is 0 Å². The molecule has 5 nitrogen and oxygen atoms in total. The molecule has 0 aliphatic carbocycles. The molecule has 5 heteroatoms. The van der Waals surface area contributed by atoms with E-state index in [1.165, 1.54) is 0 Å². The van der Waals surface area contributed by atoms with Gasteiger partial charge in [-0.15, -0.1) is 0 Å². The van der Waals surface area contributed by atoms with E-state index in [0.29, 0.717) is 6.04 Å². The molecule has 0 aliphatic heterocycles. The van der Waals surface area contributed by atoms with Gasteiger partial charge in [0.1, 0.15) is 0 Å². The van der Waals surface area contributed by atoms with Crippen molar-refractivity contribution in [2.45, 2.75) is 19.9 Å². The lowest BCUT2D eigenvalue weighted by Crippen LogP contribution is -2.24. The zero-order chi connectivity index (χ0) is 14.4. The highest BCUT2D eigenvalue weighted by Crippen LogP contribution is 2.07. The molecule has 2 aromatic rings. The van der Waals surface area contributed by atoms with Gasteiger partial charge < -0.3 is 9.88 Å². The predicted octanol–water partition coefficient (Wildman–Crippen LogP) is 3.22. The summed E-state index contributed by atoms with van der Waals surface area (Å²) >= 11 is 0. The number of aromatic nitrogens is 1. The number of urea groups is 1. The van der Waals surface area contributed by atoms with Crippen LogP contribution < -0.4 is 10.7 Å². The van der Waals surface area contributed by atoms with E-state index < -0.39 is 0 Å². The van der Waals surface area contributed by atoms with E-state index in [9.17, 15) is 4.79 Å². The van der Waals surface area contributed by atoms with Gasteiger partial charge in [0, 0.05) is 29.7 Å². The van der Waals surface area contributed by atoms with Gasteiger partial charge in [-0.3, -0.25) is 0 Å². The largest absolute Gasteiger partial charge is 0.351 e. The molecule has 0 bridgehead atoms. The summed E-state index contributed by atoms with van der Waals surface area (Å²) in [4.78, 5) is 11.6. The van der Waals surface area contributed by atoms with Crippen molar-refractivity contribution in [3.05, 3.63) is 54.4 Å². The number of carbonyl (C=O) groups excluding carboxylic acids is 1. The first-order chi connectivity index (χ1) is 9.65. The summed E-state index contributed by atoms with van der Waals surface area (Å²) < 4.78 is 2.07. The summed E-state index contributed by atoms with van der Waals surface area (Å²) in [6.07, 6.45) is 5.57. The van der Waals surface area contributed by atoms with E-state index in [1.807, 2.05) is 48.8 Å². The Hall–Kier alpha value is -2.56. The van der Waals surface area contributed by atoms with Crippen molar-refractivity contribution in [2.75, 3.05) is 5.32 Å². The van der Waals surface area contributed by atoms with Crippen molar-refractivity contribution in [3.8, 4) is 0 Å². The van der Waals surface area contributed by atoms with E-state index in [-0.39, 0.29) is 6.03 Å². The lowest BCUT2D eigenvalue weighted by Gasteiger charge is -2.04. The van der Waals surface area contributed by atoms with Crippen molar-refractivity contribution in [1.82, 2.24) is 9.99 Å². The van der Waals surface area contributed by atoms with Crippen LogP contribution in [0.3, 0.4) is 0 Å².